The molecule has 0 unspecified atom stereocenters. The zero-order chi connectivity index (χ0) is 10.8. The molecule has 4 nitrogen and oxygen atoms in total. The second-order valence-corrected chi connectivity index (χ2v) is 3.68. The molecular weight excluding hydrogens is 192 g/mol. The molecule has 1 aliphatic heterocycles. The minimum Gasteiger partial charge on any atom is -0.369 e. The largest absolute Gasteiger partial charge is 0.369 e. The summed E-state index contributed by atoms with van der Waals surface area (Å²) in [5, 5.41) is 0. The lowest BCUT2D eigenvalue weighted by atomic mass is 9.97. The SMILES string of the molecule is NC(=O)C1CN(c2ccccc2C=O)C1. The first-order valence-corrected chi connectivity index (χ1v) is 4.81. The number of anilines is 1. The first kappa shape index (κ1) is 9.71. The van der Waals surface area contributed by atoms with Crippen LogP contribution >= 0.6 is 0 Å². The first-order chi connectivity index (χ1) is 7.22. The van der Waals surface area contributed by atoms with Gasteiger partial charge in [-0.3, -0.25) is 9.59 Å². The molecule has 0 aromatic heterocycles. The van der Waals surface area contributed by atoms with Crippen LogP contribution in [0.1, 0.15) is 10.4 Å². The van der Waals surface area contributed by atoms with Gasteiger partial charge >= 0.3 is 0 Å². The Morgan fingerprint density at radius 2 is 2.07 bits per heavy atom. The number of benzene rings is 1. The third-order valence-corrected chi connectivity index (χ3v) is 2.69. The molecule has 1 aromatic carbocycles. The van der Waals surface area contributed by atoms with E-state index in [-0.39, 0.29) is 11.8 Å². The Morgan fingerprint density at radius 1 is 1.40 bits per heavy atom. The molecule has 0 saturated carbocycles. The predicted molar refractivity (Wildman–Crippen MR) is 56.7 cm³/mol. The lowest BCUT2D eigenvalue weighted by molar-refractivity contribution is -0.122. The van der Waals surface area contributed by atoms with Crippen LogP contribution in [-0.2, 0) is 4.79 Å². The maximum Gasteiger partial charge on any atom is 0.224 e. The minimum atomic E-state index is -0.269. The van der Waals surface area contributed by atoms with Gasteiger partial charge in [0.2, 0.25) is 5.91 Å². The van der Waals surface area contributed by atoms with Crippen molar-refractivity contribution in [1.82, 2.24) is 0 Å². The van der Waals surface area contributed by atoms with Gasteiger partial charge in [-0.1, -0.05) is 12.1 Å². The molecule has 0 spiro atoms. The lowest BCUT2D eigenvalue weighted by Gasteiger charge is -2.39. The van der Waals surface area contributed by atoms with Crippen LogP contribution in [0.15, 0.2) is 24.3 Å². The number of aldehydes is 1. The number of carbonyl (C=O) groups excluding carboxylic acids is 2. The summed E-state index contributed by atoms with van der Waals surface area (Å²) in [7, 11) is 0. The molecule has 4 heteroatoms. The van der Waals surface area contributed by atoms with Crippen LogP contribution in [0.4, 0.5) is 5.69 Å². The number of para-hydroxylation sites is 1. The van der Waals surface area contributed by atoms with E-state index in [1.54, 1.807) is 6.07 Å². The van der Waals surface area contributed by atoms with Gasteiger partial charge in [0.25, 0.3) is 0 Å². The number of nitrogens with zero attached hydrogens (tertiary/aromatic N) is 1. The van der Waals surface area contributed by atoms with Gasteiger partial charge in [-0.2, -0.15) is 0 Å². The fraction of sp³-hybridized carbons (Fsp3) is 0.273. The summed E-state index contributed by atoms with van der Waals surface area (Å²) < 4.78 is 0. The Hall–Kier alpha value is -1.84. The zero-order valence-corrected chi connectivity index (χ0v) is 8.22. The van der Waals surface area contributed by atoms with Crippen molar-refractivity contribution in [3.8, 4) is 0 Å². The number of amides is 1. The summed E-state index contributed by atoms with van der Waals surface area (Å²) in [6.45, 7) is 1.22. The van der Waals surface area contributed by atoms with E-state index in [4.69, 9.17) is 5.73 Å². The minimum absolute atomic E-state index is 0.0790. The predicted octanol–water partition coefficient (Wildman–Crippen LogP) is 0.421. The summed E-state index contributed by atoms with van der Waals surface area (Å²) in [4.78, 5) is 23.6. The number of hydrogen-bond donors (Lipinski definition) is 1. The first-order valence-electron chi connectivity index (χ1n) is 4.81. The standard InChI is InChI=1S/C11H12N2O2/c12-11(15)9-5-13(6-9)10-4-2-1-3-8(10)7-14/h1-4,7,9H,5-6H2,(H2,12,15). The van der Waals surface area contributed by atoms with Gasteiger partial charge in [0.15, 0.2) is 6.29 Å². The number of hydrogen-bond acceptors (Lipinski definition) is 3. The zero-order valence-electron chi connectivity index (χ0n) is 8.22. The van der Waals surface area contributed by atoms with Crippen molar-refractivity contribution < 1.29 is 9.59 Å². The fourth-order valence-electron chi connectivity index (χ4n) is 1.73. The molecular formula is C11H12N2O2. The van der Waals surface area contributed by atoms with Crippen LogP contribution in [0.25, 0.3) is 0 Å². The molecule has 0 bridgehead atoms. The van der Waals surface area contributed by atoms with Crippen molar-refractivity contribution in [1.29, 1.82) is 0 Å². The molecule has 1 amide bonds. The van der Waals surface area contributed by atoms with Gasteiger partial charge in [-0.05, 0) is 12.1 Å². The van der Waals surface area contributed by atoms with E-state index in [2.05, 4.69) is 0 Å². The highest BCUT2D eigenvalue weighted by molar-refractivity contribution is 5.86. The van der Waals surface area contributed by atoms with Crippen LogP contribution in [0.2, 0.25) is 0 Å². The molecule has 1 saturated heterocycles. The highest BCUT2D eigenvalue weighted by Crippen LogP contribution is 2.26. The van der Waals surface area contributed by atoms with E-state index in [1.807, 2.05) is 23.1 Å². The summed E-state index contributed by atoms with van der Waals surface area (Å²) in [6.07, 6.45) is 0.826. The second kappa shape index (κ2) is 3.73. The molecule has 1 aromatic rings. The number of primary amides is 1. The van der Waals surface area contributed by atoms with Gasteiger partial charge in [-0.25, -0.2) is 0 Å². The maximum atomic E-state index is 10.8. The van der Waals surface area contributed by atoms with E-state index in [1.165, 1.54) is 0 Å². The van der Waals surface area contributed by atoms with Crippen LogP contribution in [0.5, 0.6) is 0 Å². The van der Waals surface area contributed by atoms with Crippen LogP contribution < -0.4 is 10.6 Å². The molecule has 0 aliphatic carbocycles. The average Bonchev–Trinajstić information content (AvgIpc) is 2.15. The van der Waals surface area contributed by atoms with Crippen molar-refractivity contribution in [2.24, 2.45) is 11.7 Å². The quantitative estimate of drug-likeness (QED) is 0.726. The van der Waals surface area contributed by atoms with Crippen molar-refractivity contribution in [2.45, 2.75) is 0 Å². The van der Waals surface area contributed by atoms with Crippen LogP contribution in [-0.4, -0.2) is 25.3 Å². The molecule has 1 aliphatic rings. The number of nitrogens with two attached hydrogens (primary N) is 1. The van der Waals surface area contributed by atoms with Crippen molar-refractivity contribution in [2.75, 3.05) is 18.0 Å². The molecule has 0 atom stereocenters. The summed E-state index contributed by atoms with van der Waals surface area (Å²) >= 11 is 0. The lowest BCUT2D eigenvalue weighted by Crippen LogP contribution is -2.52. The molecule has 15 heavy (non-hydrogen) atoms. The summed E-state index contributed by atoms with van der Waals surface area (Å²) in [5.41, 5.74) is 6.71. The van der Waals surface area contributed by atoms with E-state index < -0.39 is 0 Å². The van der Waals surface area contributed by atoms with Crippen molar-refractivity contribution >= 4 is 17.9 Å². The van der Waals surface area contributed by atoms with Gasteiger partial charge < -0.3 is 10.6 Å². The molecule has 2 rings (SSSR count). The third-order valence-electron chi connectivity index (χ3n) is 2.69. The average molecular weight is 204 g/mol. The topological polar surface area (TPSA) is 63.4 Å². The second-order valence-electron chi connectivity index (χ2n) is 3.68. The van der Waals surface area contributed by atoms with E-state index in [9.17, 15) is 9.59 Å². The third kappa shape index (κ3) is 1.70. The molecule has 2 N–H and O–H groups in total. The molecule has 1 heterocycles. The number of carbonyl (C=O) groups is 2. The van der Waals surface area contributed by atoms with Crippen LogP contribution in [0.3, 0.4) is 0 Å². The van der Waals surface area contributed by atoms with E-state index >= 15 is 0 Å². The van der Waals surface area contributed by atoms with Gasteiger partial charge in [0.1, 0.15) is 0 Å². The Bertz CT molecular complexity index is 397. The fourth-order valence-corrected chi connectivity index (χ4v) is 1.73. The van der Waals surface area contributed by atoms with E-state index in [0.29, 0.717) is 18.7 Å². The van der Waals surface area contributed by atoms with E-state index in [0.717, 1.165) is 12.0 Å². The highest BCUT2D eigenvalue weighted by atomic mass is 16.1. The monoisotopic (exact) mass is 204 g/mol. The van der Waals surface area contributed by atoms with Crippen molar-refractivity contribution in [3.05, 3.63) is 29.8 Å². The Morgan fingerprint density at radius 3 is 2.67 bits per heavy atom. The smallest absolute Gasteiger partial charge is 0.224 e. The Balaban J connectivity index is 2.12. The van der Waals surface area contributed by atoms with Crippen LogP contribution in [0, 0.1) is 5.92 Å². The van der Waals surface area contributed by atoms with Gasteiger partial charge in [-0.15, -0.1) is 0 Å². The molecule has 78 valence electrons. The molecule has 1 fully saturated rings. The summed E-state index contributed by atoms with van der Waals surface area (Å²) in [5.74, 6) is -0.348. The molecule has 0 radical (unpaired) electrons. The van der Waals surface area contributed by atoms with Crippen molar-refractivity contribution in [3.63, 3.8) is 0 Å². The highest BCUT2D eigenvalue weighted by Gasteiger charge is 2.31. The van der Waals surface area contributed by atoms with Gasteiger partial charge in [0, 0.05) is 24.3 Å². The normalized spacial score (nSPS) is 15.9. The van der Waals surface area contributed by atoms with Gasteiger partial charge in [0.05, 0.1) is 5.92 Å². The number of rotatable bonds is 3. The Labute approximate surface area is 87.7 Å². The maximum absolute atomic E-state index is 10.8. The summed E-state index contributed by atoms with van der Waals surface area (Å²) in [6, 6.07) is 7.33. The Kier molecular flexibility index (Phi) is 2.41.